The van der Waals surface area contributed by atoms with Gasteiger partial charge in [-0.15, -0.1) is 0 Å². The molecule has 1 N–H and O–H groups in total. The van der Waals surface area contributed by atoms with Crippen LogP contribution in [0.4, 0.5) is 5.69 Å². The largest absolute Gasteiger partial charge is 0.350 e. The summed E-state index contributed by atoms with van der Waals surface area (Å²) in [6, 6.07) is 9.21. The third kappa shape index (κ3) is 6.02. The molecule has 0 aliphatic heterocycles. The molecule has 0 spiro atoms. The molecule has 0 aliphatic carbocycles. The van der Waals surface area contributed by atoms with Crippen LogP contribution in [-0.2, 0) is 9.59 Å². The molecular formula is C18H29N3O2. The van der Waals surface area contributed by atoms with Gasteiger partial charge in [0, 0.05) is 17.8 Å². The van der Waals surface area contributed by atoms with Crippen molar-refractivity contribution in [1.29, 1.82) is 0 Å². The molecule has 23 heavy (non-hydrogen) atoms. The van der Waals surface area contributed by atoms with Gasteiger partial charge in [0.15, 0.2) is 0 Å². The lowest BCUT2D eigenvalue weighted by atomic mass is 10.1. The second-order valence-electron chi connectivity index (χ2n) is 6.81. The number of rotatable bonds is 6. The van der Waals surface area contributed by atoms with Crippen LogP contribution < -0.4 is 10.2 Å². The van der Waals surface area contributed by atoms with Crippen molar-refractivity contribution in [2.75, 3.05) is 25.0 Å². The normalized spacial score (nSPS) is 12.8. The van der Waals surface area contributed by atoms with Crippen LogP contribution in [0.25, 0.3) is 0 Å². The maximum Gasteiger partial charge on any atom is 0.244 e. The van der Waals surface area contributed by atoms with Gasteiger partial charge in [-0.2, -0.15) is 0 Å². The smallest absolute Gasteiger partial charge is 0.244 e. The van der Waals surface area contributed by atoms with Gasteiger partial charge in [-0.05, 0) is 53.8 Å². The zero-order chi connectivity index (χ0) is 17.6. The van der Waals surface area contributed by atoms with Crippen molar-refractivity contribution in [3.05, 3.63) is 30.3 Å². The first-order chi connectivity index (χ1) is 10.7. The van der Waals surface area contributed by atoms with E-state index in [0.717, 1.165) is 5.69 Å². The minimum atomic E-state index is -0.374. The molecule has 0 aromatic heterocycles. The average molecular weight is 319 g/mol. The van der Waals surface area contributed by atoms with Gasteiger partial charge in [0.25, 0.3) is 0 Å². The molecule has 1 rings (SSSR count). The van der Waals surface area contributed by atoms with Crippen LogP contribution in [0, 0.1) is 0 Å². The third-order valence-corrected chi connectivity index (χ3v) is 3.58. The first kappa shape index (κ1) is 19.2. The van der Waals surface area contributed by atoms with E-state index in [9.17, 15) is 9.59 Å². The fourth-order valence-electron chi connectivity index (χ4n) is 2.31. The summed E-state index contributed by atoms with van der Waals surface area (Å²) in [6.45, 7) is 10.4. The molecule has 0 heterocycles. The zero-order valence-electron chi connectivity index (χ0n) is 15.1. The van der Waals surface area contributed by atoms with Gasteiger partial charge >= 0.3 is 0 Å². The standard InChI is InChI=1S/C18H29N3O2/c1-7-21(15-11-9-8-10-12-15)17(23)14(2)20(6)13-16(22)19-18(3,4)5/h8-12,14H,7,13H2,1-6H3,(H,19,22)/t14-/m1/s1. The van der Waals surface area contributed by atoms with E-state index in [1.54, 1.807) is 16.8 Å². The highest BCUT2D eigenvalue weighted by Crippen LogP contribution is 2.15. The Bertz CT molecular complexity index is 523. The number of hydrogen-bond donors (Lipinski definition) is 1. The van der Waals surface area contributed by atoms with E-state index in [-0.39, 0.29) is 29.9 Å². The summed E-state index contributed by atoms with van der Waals surface area (Å²) in [5, 5.41) is 2.91. The van der Waals surface area contributed by atoms with E-state index in [4.69, 9.17) is 0 Å². The van der Waals surface area contributed by atoms with Gasteiger partial charge < -0.3 is 10.2 Å². The number of anilines is 1. The SMILES string of the molecule is CCN(C(=O)[C@@H](C)N(C)CC(=O)NC(C)(C)C)c1ccccc1. The van der Waals surface area contributed by atoms with E-state index < -0.39 is 0 Å². The van der Waals surface area contributed by atoms with Crippen LogP contribution >= 0.6 is 0 Å². The molecule has 0 bridgehead atoms. The minimum Gasteiger partial charge on any atom is -0.350 e. The summed E-state index contributed by atoms with van der Waals surface area (Å²) in [4.78, 5) is 28.3. The molecule has 1 aromatic carbocycles. The van der Waals surface area contributed by atoms with Crippen LogP contribution in [0.5, 0.6) is 0 Å². The second kappa shape index (κ2) is 8.11. The Morgan fingerprint density at radius 1 is 1.17 bits per heavy atom. The van der Waals surface area contributed by atoms with Gasteiger partial charge in [-0.3, -0.25) is 14.5 Å². The Morgan fingerprint density at radius 2 is 1.74 bits per heavy atom. The van der Waals surface area contributed by atoms with E-state index in [2.05, 4.69) is 5.32 Å². The van der Waals surface area contributed by atoms with E-state index in [1.165, 1.54) is 0 Å². The van der Waals surface area contributed by atoms with Crippen molar-refractivity contribution in [3.63, 3.8) is 0 Å². The topological polar surface area (TPSA) is 52.7 Å². The Balaban J connectivity index is 2.72. The molecule has 0 unspecified atom stereocenters. The van der Waals surface area contributed by atoms with Crippen LogP contribution in [-0.4, -0.2) is 48.4 Å². The maximum atomic E-state index is 12.7. The van der Waals surface area contributed by atoms with E-state index in [0.29, 0.717) is 6.54 Å². The summed E-state index contributed by atoms with van der Waals surface area (Å²) < 4.78 is 0. The minimum absolute atomic E-state index is 0.00948. The number of hydrogen-bond acceptors (Lipinski definition) is 3. The van der Waals surface area contributed by atoms with Crippen molar-refractivity contribution < 1.29 is 9.59 Å². The molecule has 1 aromatic rings. The number of nitrogens with one attached hydrogen (secondary N) is 1. The lowest BCUT2D eigenvalue weighted by Gasteiger charge is -2.30. The molecule has 0 fully saturated rings. The molecule has 0 saturated carbocycles. The average Bonchev–Trinajstić information content (AvgIpc) is 2.46. The first-order valence-electron chi connectivity index (χ1n) is 8.03. The van der Waals surface area contributed by atoms with Crippen molar-refractivity contribution in [1.82, 2.24) is 10.2 Å². The molecule has 128 valence electrons. The lowest BCUT2D eigenvalue weighted by Crippen LogP contribution is -2.51. The number of benzene rings is 1. The fourth-order valence-corrected chi connectivity index (χ4v) is 2.31. The van der Waals surface area contributed by atoms with Gasteiger partial charge in [-0.25, -0.2) is 0 Å². The van der Waals surface area contributed by atoms with Crippen LogP contribution in [0.15, 0.2) is 30.3 Å². The summed E-state index contributed by atoms with van der Waals surface area (Å²) >= 11 is 0. The van der Waals surface area contributed by atoms with Crippen LogP contribution in [0.1, 0.15) is 34.6 Å². The quantitative estimate of drug-likeness (QED) is 0.875. The Kier molecular flexibility index (Phi) is 6.76. The fraction of sp³-hybridized carbons (Fsp3) is 0.556. The predicted octanol–water partition coefficient (Wildman–Crippen LogP) is 2.27. The molecule has 5 nitrogen and oxygen atoms in total. The number of likely N-dealkylation sites (N-methyl/N-ethyl adjacent to an activating group) is 2. The zero-order valence-corrected chi connectivity index (χ0v) is 15.1. The molecule has 5 heteroatoms. The summed E-state index contributed by atoms with van der Waals surface area (Å²) in [6.07, 6.45) is 0. The van der Waals surface area contributed by atoms with E-state index in [1.807, 2.05) is 65.0 Å². The number of para-hydroxylation sites is 1. The highest BCUT2D eigenvalue weighted by Gasteiger charge is 2.26. The van der Waals surface area contributed by atoms with Gasteiger partial charge in [0.2, 0.25) is 11.8 Å². The molecule has 2 amide bonds. The second-order valence-corrected chi connectivity index (χ2v) is 6.81. The molecular weight excluding hydrogens is 290 g/mol. The monoisotopic (exact) mass is 319 g/mol. The molecule has 0 radical (unpaired) electrons. The highest BCUT2D eigenvalue weighted by atomic mass is 16.2. The third-order valence-electron chi connectivity index (χ3n) is 3.58. The summed E-state index contributed by atoms with van der Waals surface area (Å²) in [5.41, 5.74) is 0.601. The van der Waals surface area contributed by atoms with Crippen molar-refractivity contribution in [3.8, 4) is 0 Å². The maximum absolute atomic E-state index is 12.7. The van der Waals surface area contributed by atoms with Gasteiger partial charge in [0.05, 0.1) is 12.6 Å². The predicted molar refractivity (Wildman–Crippen MR) is 94.5 cm³/mol. The van der Waals surface area contributed by atoms with Crippen molar-refractivity contribution in [2.24, 2.45) is 0 Å². The Hall–Kier alpha value is -1.88. The van der Waals surface area contributed by atoms with Gasteiger partial charge in [0.1, 0.15) is 0 Å². The molecule has 0 saturated heterocycles. The Morgan fingerprint density at radius 3 is 2.22 bits per heavy atom. The molecule has 1 atom stereocenters. The number of nitrogens with zero attached hydrogens (tertiary/aromatic N) is 2. The van der Waals surface area contributed by atoms with Crippen LogP contribution in [0.2, 0.25) is 0 Å². The summed E-state index contributed by atoms with van der Waals surface area (Å²) in [5.74, 6) is -0.0906. The number of carbonyl (C=O) groups excluding carboxylic acids is 2. The summed E-state index contributed by atoms with van der Waals surface area (Å²) in [7, 11) is 1.80. The Labute approximate surface area is 139 Å². The highest BCUT2D eigenvalue weighted by molar-refractivity contribution is 5.97. The van der Waals surface area contributed by atoms with Crippen molar-refractivity contribution >= 4 is 17.5 Å². The number of carbonyl (C=O) groups is 2. The van der Waals surface area contributed by atoms with Gasteiger partial charge in [-0.1, -0.05) is 18.2 Å². The van der Waals surface area contributed by atoms with Crippen molar-refractivity contribution in [2.45, 2.75) is 46.2 Å². The first-order valence-corrected chi connectivity index (χ1v) is 8.03. The molecule has 0 aliphatic rings. The van der Waals surface area contributed by atoms with E-state index >= 15 is 0 Å². The van der Waals surface area contributed by atoms with Crippen LogP contribution in [0.3, 0.4) is 0 Å². The lowest BCUT2D eigenvalue weighted by molar-refractivity contribution is -0.126. The number of amides is 2.